The summed E-state index contributed by atoms with van der Waals surface area (Å²) in [7, 11) is 0. The Morgan fingerprint density at radius 3 is 2.45 bits per heavy atom. The summed E-state index contributed by atoms with van der Waals surface area (Å²) >= 11 is 0. The molecule has 0 fully saturated rings. The van der Waals surface area contributed by atoms with Crippen molar-refractivity contribution in [3.63, 3.8) is 0 Å². The fourth-order valence-corrected chi connectivity index (χ4v) is 2.73. The minimum atomic E-state index is -2.89. The molecule has 0 atom stereocenters. The summed E-state index contributed by atoms with van der Waals surface area (Å²) in [5.74, 6) is -0.934. The maximum Gasteiger partial charge on any atom is 0.387 e. The molecule has 1 heterocycles. The SMILES string of the molecule is O=C(COC(=O)CCc1nc(-c2ccc(F)cc2)no1)NCCc1ccc(OC(F)F)cc1. The molecule has 2 aromatic carbocycles. The van der Waals surface area contributed by atoms with Crippen LogP contribution in [0.25, 0.3) is 11.4 Å². The molecule has 0 radical (unpaired) electrons. The number of benzene rings is 2. The number of carbonyl (C=O) groups is 2. The lowest BCUT2D eigenvalue weighted by Gasteiger charge is -2.08. The Morgan fingerprint density at radius 1 is 1.03 bits per heavy atom. The van der Waals surface area contributed by atoms with Crippen molar-refractivity contribution in [1.29, 1.82) is 0 Å². The van der Waals surface area contributed by atoms with Crippen LogP contribution in [0.2, 0.25) is 0 Å². The van der Waals surface area contributed by atoms with Crippen LogP contribution in [0.15, 0.2) is 53.1 Å². The van der Waals surface area contributed by atoms with Crippen LogP contribution >= 0.6 is 0 Å². The highest BCUT2D eigenvalue weighted by molar-refractivity contribution is 5.80. The predicted octanol–water partition coefficient (Wildman–Crippen LogP) is 3.31. The van der Waals surface area contributed by atoms with E-state index in [0.29, 0.717) is 12.0 Å². The van der Waals surface area contributed by atoms with Crippen molar-refractivity contribution in [2.45, 2.75) is 25.9 Å². The molecule has 0 aliphatic heterocycles. The first-order chi connectivity index (χ1) is 15.9. The van der Waals surface area contributed by atoms with Gasteiger partial charge in [-0.3, -0.25) is 9.59 Å². The highest BCUT2D eigenvalue weighted by Gasteiger charge is 2.13. The Morgan fingerprint density at radius 2 is 1.76 bits per heavy atom. The molecule has 1 N–H and O–H groups in total. The molecule has 1 aromatic heterocycles. The number of halogens is 3. The van der Waals surface area contributed by atoms with E-state index in [-0.39, 0.29) is 42.7 Å². The first-order valence-corrected chi connectivity index (χ1v) is 9.93. The average molecular weight is 463 g/mol. The van der Waals surface area contributed by atoms with Crippen molar-refractivity contribution in [3.05, 3.63) is 65.8 Å². The van der Waals surface area contributed by atoms with E-state index in [1.54, 1.807) is 12.1 Å². The number of aromatic nitrogens is 2. The molecule has 3 rings (SSSR count). The molecular weight excluding hydrogens is 443 g/mol. The number of ether oxygens (including phenoxy) is 2. The standard InChI is InChI=1S/C22H20F3N3O5/c23-16-5-3-15(4-6-16)21-27-19(33-28-21)9-10-20(30)31-13-18(29)26-12-11-14-1-7-17(8-2-14)32-22(24)25/h1-8,22H,9-13H2,(H,26,29). The minimum Gasteiger partial charge on any atom is -0.456 e. The van der Waals surface area contributed by atoms with Crippen LogP contribution in [-0.4, -0.2) is 41.8 Å². The Kier molecular flexibility index (Phi) is 8.39. The second kappa shape index (κ2) is 11.7. The zero-order chi connectivity index (χ0) is 23.6. The molecule has 0 saturated heterocycles. The van der Waals surface area contributed by atoms with Crippen molar-refractivity contribution in [3.8, 4) is 17.1 Å². The number of nitrogens with one attached hydrogen (secondary N) is 1. The molecule has 174 valence electrons. The van der Waals surface area contributed by atoms with E-state index in [1.807, 2.05) is 0 Å². The lowest BCUT2D eigenvalue weighted by atomic mass is 10.1. The van der Waals surface area contributed by atoms with E-state index in [2.05, 4.69) is 20.2 Å². The number of aryl methyl sites for hydroxylation is 1. The van der Waals surface area contributed by atoms with Gasteiger partial charge in [0.25, 0.3) is 5.91 Å². The number of alkyl halides is 2. The molecular formula is C22H20F3N3O5. The second-order valence-electron chi connectivity index (χ2n) is 6.80. The zero-order valence-corrected chi connectivity index (χ0v) is 17.3. The molecule has 0 aliphatic carbocycles. The predicted molar refractivity (Wildman–Crippen MR) is 109 cm³/mol. The molecule has 0 spiro atoms. The van der Waals surface area contributed by atoms with E-state index in [9.17, 15) is 22.8 Å². The number of amides is 1. The van der Waals surface area contributed by atoms with Gasteiger partial charge in [-0.05, 0) is 48.4 Å². The van der Waals surface area contributed by atoms with Crippen molar-refractivity contribution in [2.24, 2.45) is 0 Å². The normalized spacial score (nSPS) is 10.8. The number of carbonyl (C=O) groups excluding carboxylic acids is 2. The van der Waals surface area contributed by atoms with Gasteiger partial charge in [0.1, 0.15) is 11.6 Å². The van der Waals surface area contributed by atoms with Crippen LogP contribution < -0.4 is 10.1 Å². The zero-order valence-electron chi connectivity index (χ0n) is 17.3. The Hall–Kier alpha value is -3.89. The van der Waals surface area contributed by atoms with Crippen LogP contribution in [0.5, 0.6) is 5.75 Å². The summed E-state index contributed by atoms with van der Waals surface area (Å²) in [5, 5.41) is 6.38. The quantitative estimate of drug-likeness (QED) is 0.435. The van der Waals surface area contributed by atoms with E-state index in [0.717, 1.165) is 5.56 Å². The van der Waals surface area contributed by atoms with Gasteiger partial charge in [-0.2, -0.15) is 13.8 Å². The van der Waals surface area contributed by atoms with Crippen LogP contribution in [0, 0.1) is 5.82 Å². The van der Waals surface area contributed by atoms with Crippen molar-refractivity contribution < 1.29 is 36.8 Å². The molecule has 11 heteroatoms. The largest absolute Gasteiger partial charge is 0.456 e. The van der Waals surface area contributed by atoms with Gasteiger partial charge in [0.15, 0.2) is 6.61 Å². The van der Waals surface area contributed by atoms with Gasteiger partial charge < -0.3 is 19.3 Å². The molecule has 33 heavy (non-hydrogen) atoms. The third kappa shape index (κ3) is 7.95. The van der Waals surface area contributed by atoms with Gasteiger partial charge in [-0.1, -0.05) is 17.3 Å². The summed E-state index contributed by atoms with van der Waals surface area (Å²) in [6.07, 6.45) is 0.521. The molecule has 0 aliphatic rings. The summed E-state index contributed by atoms with van der Waals surface area (Å²) in [6, 6.07) is 11.6. The van der Waals surface area contributed by atoms with E-state index >= 15 is 0 Å². The van der Waals surface area contributed by atoms with Gasteiger partial charge in [0.05, 0.1) is 6.42 Å². The third-order valence-corrected chi connectivity index (χ3v) is 4.36. The number of esters is 1. The van der Waals surface area contributed by atoms with Gasteiger partial charge in [0, 0.05) is 18.5 Å². The molecule has 0 saturated carbocycles. The van der Waals surface area contributed by atoms with Gasteiger partial charge in [0.2, 0.25) is 11.7 Å². The molecule has 0 unspecified atom stereocenters. The minimum absolute atomic E-state index is 0.0527. The van der Waals surface area contributed by atoms with Gasteiger partial charge in [-0.15, -0.1) is 0 Å². The fourth-order valence-electron chi connectivity index (χ4n) is 2.73. The maximum absolute atomic E-state index is 13.0. The Balaban J connectivity index is 1.32. The van der Waals surface area contributed by atoms with Crippen molar-refractivity contribution in [2.75, 3.05) is 13.2 Å². The molecule has 1 amide bonds. The lowest BCUT2D eigenvalue weighted by Crippen LogP contribution is -2.30. The first-order valence-electron chi connectivity index (χ1n) is 9.93. The van der Waals surface area contributed by atoms with Gasteiger partial charge >= 0.3 is 12.6 Å². The summed E-state index contributed by atoms with van der Waals surface area (Å²) in [6.45, 7) is -3.05. The van der Waals surface area contributed by atoms with E-state index in [1.165, 1.54) is 36.4 Å². The van der Waals surface area contributed by atoms with Crippen LogP contribution in [0.1, 0.15) is 17.9 Å². The molecule has 8 nitrogen and oxygen atoms in total. The number of hydrogen-bond donors (Lipinski definition) is 1. The van der Waals surface area contributed by atoms with Crippen LogP contribution in [0.4, 0.5) is 13.2 Å². The molecule has 0 bridgehead atoms. The van der Waals surface area contributed by atoms with E-state index in [4.69, 9.17) is 9.26 Å². The number of rotatable bonds is 11. The van der Waals surface area contributed by atoms with Crippen LogP contribution in [-0.2, 0) is 27.2 Å². The Labute approximate surface area is 186 Å². The highest BCUT2D eigenvalue weighted by Crippen LogP contribution is 2.17. The van der Waals surface area contributed by atoms with E-state index < -0.39 is 25.1 Å². The number of hydrogen-bond acceptors (Lipinski definition) is 7. The van der Waals surface area contributed by atoms with Crippen molar-refractivity contribution >= 4 is 11.9 Å². The third-order valence-electron chi connectivity index (χ3n) is 4.36. The summed E-state index contributed by atoms with van der Waals surface area (Å²) in [5.41, 5.74) is 1.39. The second-order valence-corrected chi connectivity index (χ2v) is 6.80. The smallest absolute Gasteiger partial charge is 0.387 e. The topological polar surface area (TPSA) is 104 Å². The average Bonchev–Trinajstić information content (AvgIpc) is 3.27. The summed E-state index contributed by atoms with van der Waals surface area (Å²) < 4.78 is 51.5. The molecule has 3 aromatic rings. The Bertz CT molecular complexity index is 1060. The monoisotopic (exact) mass is 463 g/mol. The highest BCUT2D eigenvalue weighted by atomic mass is 19.3. The number of nitrogens with zero attached hydrogens (tertiary/aromatic N) is 2. The summed E-state index contributed by atoms with van der Waals surface area (Å²) in [4.78, 5) is 27.8. The van der Waals surface area contributed by atoms with Gasteiger partial charge in [-0.25, -0.2) is 4.39 Å². The fraction of sp³-hybridized carbons (Fsp3) is 0.273. The maximum atomic E-state index is 13.0. The van der Waals surface area contributed by atoms with Crippen molar-refractivity contribution in [1.82, 2.24) is 15.5 Å². The lowest BCUT2D eigenvalue weighted by molar-refractivity contribution is -0.148. The van der Waals surface area contributed by atoms with Crippen LogP contribution in [0.3, 0.4) is 0 Å². The first kappa shape index (κ1) is 23.8.